The molecule has 0 saturated carbocycles. The summed E-state index contributed by atoms with van der Waals surface area (Å²) in [5.74, 6) is 0.309. The molecular weight excluding hydrogens is 272 g/mol. The Kier molecular flexibility index (Phi) is 4.41. The molecule has 0 amide bonds. The first-order valence-electron chi connectivity index (χ1n) is 7.32. The average molecular weight is 294 g/mol. The molecular formula is C20H22O2. The van der Waals surface area contributed by atoms with Crippen LogP contribution in [0.4, 0.5) is 0 Å². The maximum absolute atomic E-state index is 10.5. The third-order valence-electron chi connectivity index (χ3n) is 4.27. The number of phenols is 2. The Morgan fingerprint density at radius 3 is 1.50 bits per heavy atom. The van der Waals surface area contributed by atoms with Crippen molar-refractivity contribution < 1.29 is 10.2 Å². The molecule has 0 aliphatic carbocycles. The van der Waals surface area contributed by atoms with Gasteiger partial charge < -0.3 is 10.2 Å². The van der Waals surface area contributed by atoms with Crippen LogP contribution in [0.3, 0.4) is 0 Å². The van der Waals surface area contributed by atoms with Crippen LogP contribution < -0.4 is 0 Å². The summed E-state index contributed by atoms with van der Waals surface area (Å²) in [6, 6.07) is 7.72. The molecule has 2 N–H and O–H groups in total. The summed E-state index contributed by atoms with van der Waals surface area (Å²) in [4.78, 5) is 0. The molecule has 2 heteroatoms. The summed E-state index contributed by atoms with van der Waals surface area (Å²) in [6.45, 7) is 13.4. The Morgan fingerprint density at radius 1 is 0.818 bits per heavy atom. The highest BCUT2D eigenvalue weighted by atomic mass is 16.3. The molecule has 2 nitrogen and oxygen atoms in total. The van der Waals surface area contributed by atoms with Gasteiger partial charge in [0.1, 0.15) is 11.5 Å². The van der Waals surface area contributed by atoms with E-state index in [0.29, 0.717) is 0 Å². The van der Waals surface area contributed by atoms with Gasteiger partial charge >= 0.3 is 0 Å². The zero-order valence-corrected chi connectivity index (χ0v) is 13.4. The molecule has 0 unspecified atom stereocenters. The van der Waals surface area contributed by atoms with Crippen molar-refractivity contribution in [2.24, 2.45) is 0 Å². The van der Waals surface area contributed by atoms with Gasteiger partial charge in [0.05, 0.1) is 0 Å². The maximum Gasteiger partial charge on any atom is 0.126 e. The van der Waals surface area contributed by atoms with Crippen molar-refractivity contribution in [2.45, 2.75) is 26.7 Å². The van der Waals surface area contributed by atoms with E-state index in [1.54, 1.807) is 12.2 Å². The Balaban J connectivity index is 2.61. The highest BCUT2D eigenvalue weighted by Gasteiger charge is 2.20. The third kappa shape index (κ3) is 2.52. The van der Waals surface area contributed by atoms with Crippen LogP contribution in [0.1, 0.15) is 46.2 Å². The number of aromatic hydroxyl groups is 2. The van der Waals surface area contributed by atoms with Gasteiger partial charge in [0.15, 0.2) is 0 Å². The van der Waals surface area contributed by atoms with Crippen LogP contribution in [0, 0.1) is 13.8 Å². The fourth-order valence-corrected chi connectivity index (χ4v) is 2.83. The second kappa shape index (κ2) is 6.10. The standard InChI is InChI=1S/C20H22O2/c1-6-15-12(3)8-10-17(19(15)21)14(5)18-11-9-13(4)16(7-2)20(18)22/h6-11,14,21-22H,1-2H2,3-5H3. The normalized spacial score (nSPS) is 10.7. The van der Waals surface area contributed by atoms with E-state index in [2.05, 4.69) is 13.2 Å². The van der Waals surface area contributed by atoms with Crippen molar-refractivity contribution in [3.63, 3.8) is 0 Å². The molecule has 2 aromatic rings. The molecule has 0 atom stereocenters. The van der Waals surface area contributed by atoms with Gasteiger partial charge in [-0.2, -0.15) is 0 Å². The Morgan fingerprint density at radius 2 is 1.18 bits per heavy atom. The molecule has 0 spiro atoms. The number of phenolic OH excluding ortho intramolecular Hbond substituents is 2. The molecule has 114 valence electrons. The van der Waals surface area contributed by atoms with Gasteiger partial charge in [-0.3, -0.25) is 0 Å². The van der Waals surface area contributed by atoms with Crippen LogP contribution in [0.15, 0.2) is 37.4 Å². The van der Waals surface area contributed by atoms with Crippen molar-refractivity contribution >= 4 is 12.2 Å². The topological polar surface area (TPSA) is 40.5 Å². The number of aryl methyl sites for hydroxylation is 2. The van der Waals surface area contributed by atoms with E-state index in [0.717, 1.165) is 33.4 Å². The molecule has 0 bridgehead atoms. The highest BCUT2D eigenvalue weighted by Crippen LogP contribution is 2.40. The molecule has 0 fully saturated rings. The van der Waals surface area contributed by atoms with Gasteiger partial charge in [-0.1, -0.05) is 56.5 Å². The number of rotatable bonds is 4. The van der Waals surface area contributed by atoms with Crippen molar-refractivity contribution in [1.82, 2.24) is 0 Å². The molecule has 0 radical (unpaired) electrons. The van der Waals surface area contributed by atoms with Gasteiger partial charge in [-0.25, -0.2) is 0 Å². The van der Waals surface area contributed by atoms with E-state index < -0.39 is 0 Å². The van der Waals surface area contributed by atoms with Gasteiger partial charge in [-0.15, -0.1) is 0 Å². The summed E-state index contributed by atoms with van der Waals surface area (Å²) in [5, 5.41) is 21.0. The fraction of sp³-hybridized carbons (Fsp3) is 0.200. The molecule has 0 aromatic heterocycles. The molecule has 0 saturated heterocycles. The summed E-state index contributed by atoms with van der Waals surface area (Å²) >= 11 is 0. The fourth-order valence-electron chi connectivity index (χ4n) is 2.83. The van der Waals surface area contributed by atoms with Crippen LogP contribution in [0.25, 0.3) is 12.2 Å². The van der Waals surface area contributed by atoms with E-state index in [9.17, 15) is 10.2 Å². The Labute approximate surface area is 132 Å². The zero-order valence-electron chi connectivity index (χ0n) is 13.4. The first kappa shape index (κ1) is 15.9. The van der Waals surface area contributed by atoms with Crippen LogP contribution in [-0.2, 0) is 0 Å². The molecule has 2 rings (SSSR count). The minimum Gasteiger partial charge on any atom is -0.507 e. The SMILES string of the molecule is C=Cc1c(C)ccc(C(C)c2ccc(C)c(C=C)c2O)c1O. The minimum atomic E-state index is -0.140. The minimum absolute atomic E-state index is 0.140. The predicted octanol–water partition coefficient (Wildman–Crippen LogP) is 5.15. The third-order valence-corrected chi connectivity index (χ3v) is 4.27. The van der Waals surface area contributed by atoms with Crippen LogP contribution in [-0.4, -0.2) is 10.2 Å². The Bertz CT molecular complexity index is 678. The number of benzene rings is 2. The highest BCUT2D eigenvalue weighted by molar-refractivity contribution is 5.66. The largest absolute Gasteiger partial charge is 0.507 e. The molecule has 0 heterocycles. The van der Waals surface area contributed by atoms with Crippen molar-refractivity contribution in [2.75, 3.05) is 0 Å². The van der Waals surface area contributed by atoms with Crippen LogP contribution in [0.5, 0.6) is 11.5 Å². The lowest BCUT2D eigenvalue weighted by Gasteiger charge is -2.19. The predicted molar refractivity (Wildman–Crippen MR) is 93.4 cm³/mol. The lowest BCUT2D eigenvalue weighted by molar-refractivity contribution is 0.455. The van der Waals surface area contributed by atoms with Crippen molar-refractivity contribution in [3.05, 3.63) is 70.8 Å². The van der Waals surface area contributed by atoms with E-state index in [4.69, 9.17) is 0 Å². The Hall–Kier alpha value is -2.48. The quantitative estimate of drug-likeness (QED) is 0.818. The molecule has 0 aliphatic heterocycles. The van der Waals surface area contributed by atoms with Gasteiger partial charge in [0.25, 0.3) is 0 Å². The first-order chi connectivity index (χ1) is 10.4. The average Bonchev–Trinajstić information content (AvgIpc) is 2.48. The van der Waals surface area contributed by atoms with E-state index in [-0.39, 0.29) is 17.4 Å². The monoisotopic (exact) mass is 294 g/mol. The summed E-state index contributed by atoms with van der Waals surface area (Å²) in [6.07, 6.45) is 3.32. The smallest absolute Gasteiger partial charge is 0.126 e. The van der Waals surface area contributed by atoms with Gasteiger partial charge in [-0.05, 0) is 25.0 Å². The first-order valence-corrected chi connectivity index (χ1v) is 7.32. The maximum atomic E-state index is 10.5. The second-order valence-electron chi connectivity index (χ2n) is 5.60. The van der Waals surface area contributed by atoms with Gasteiger partial charge in [0.2, 0.25) is 0 Å². The van der Waals surface area contributed by atoms with E-state index in [1.807, 2.05) is 45.0 Å². The lowest BCUT2D eigenvalue weighted by Crippen LogP contribution is -2.00. The van der Waals surface area contributed by atoms with Crippen molar-refractivity contribution in [3.8, 4) is 11.5 Å². The summed E-state index contributed by atoms with van der Waals surface area (Å²) in [7, 11) is 0. The van der Waals surface area contributed by atoms with Crippen molar-refractivity contribution in [1.29, 1.82) is 0 Å². The molecule has 22 heavy (non-hydrogen) atoms. The summed E-state index contributed by atoms with van der Waals surface area (Å²) in [5.41, 5.74) is 4.97. The van der Waals surface area contributed by atoms with Crippen LogP contribution >= 0.6 is 0 Å². The number of hydrogen-bond acceptors (Lipinski definition) is 2. The zero-order chi connectivity index (χ0) is 16.4. The molecule has 0 aliphatic rings. The lowest BCUT2D eigenvalue weighted by atomic mass is 9.87. The second-order valence-corrected chi connectivity index (χ2v) is 5.60. The van der Waals surface area contributed by atoms with E-state index >= 15 is 0 Å². The molecule has 2 aromatic carbocycles. The van der Waals surface area contributed by atoms with Gasteiger partial charge in [0, 0.05) is 28.2 Å². The number of hydrogen-bond donors (Lipinski definition) is 2. The van der Waals surface area contributed by atoms with E-state index in [1.165, 1.54) is 0 Å². The van der Waals surface area contributed by atoms with Crippen LogP contribution in [0.2, 0.25) is 0 Å². The summed E-state index contributed by atoms with van der Waals surface area (Å²) < 4.78 is 0.